The highest BCUT2D eigenvalue weighted by Gasteiger charge is 2.27. The van der Waals surface area contributed by atoms with Crippen LogP contribution in [0.25, 0.3) is 0 Å². The van der Waals surface area contributed by atoms with E-state index in [-0.39, 0.29) is 11.9 Å². The van der Waals surface area contributed by atoms with E-state index in [4.69, 9.17) is 5.73 Å². The molecule has 0 saturated carbocycles. The minimum Gasteiger partial charge on any atom is -0.366 e. The third kappa shape index (κ3) is 2.29. The van der Waals surface area contributed by atoms with Gasteiger partial charge in [-0.25, -0.2) is 4.39 Å². The van der Waals surface area contributed by atoms with Gasteiger partial charge in [0.25, 0.3) is 0 Å². The van der Waals surface area contributed by atoms with E-state index in [1.165, 1.54) is 6.07 Å². The summed E-state index contributed by atoms with van der Waals surface area (Å²) in [5.41, 5.74) is 7.59. The predicted molar refractivity (Wildman–Crippen MR) is 69.7 cm³/mol. The number of hydrogen-bond acceptors (Lipinski definition) is 2. The van der Waals surface area contributed by atoms with Crippen molar-refractivity contribution in [2.24, 2.45) is 5.73 Å². The van der Waals surface area contributed by atoms with Crippen molar-refractivity contribution in [1.82, 2.24) is 0 Å². The van der Waals surface area contributed by atoms with Crippen molar-refractivity contribution < 1.29 is 4.39 Å². The molecule has 1 aromatic carbocycles. The summed E-state index contributed by atoms with van der Waals surface area (Å²) in [7, 11) is 0. The van der Waals surface area contributed by atoms with Gasteiger partial charge >= 0.3 is 0 Å². The first-order valence-corrected chi connectivity index (χ1v) is 6.45. The van der Waals surface area contributed by atoms with Crippen LogP contribution >= 0.6 is 0 Å². The quantitative estimate of drug-likeness (QED) is 0.873. The van der Waals surface area contributed by atoms with Gasteiger partial charge in [0.15, 0.2) is 0 Å². The van der Waals surface area contributed by atoms with E-state index in [1.54, 1.807) is 6.07 Å². The fraction of sp³-hybridized carbons (Fsp3) is 0.571. The number of benzene rings is 1. The summed E-state index contributed by atoms with van der Waals surface area (Å²) in [6.45, 7) is 5.02. The van der Waals surface area contributed by atoms with Crippen molar-refractivity contribution in [2.45, 2.75) is 45.2 Å². The van der Waals surface area contributed by atoms with Gasteiger partial charge in [-0.2, -0.15) is 0 Å². The van der Waals surface area contributed by atoms with Crippen molar-refractivity contribution in [2.75, 3.05) is 11.4 Å². The van der Waals surface area contributed by atoms with Crippen LogP contribution < -0.4 is 10.6 Å². The highest BCUT2D eigenvalue weighted by atomic mass is 19.1. The Morgan fingerprint density at radius 1 is 1.53 bits per heavy atom. The second kappa shape index (κ2) is 5.05. The van der Waals surface area contributed by atoms with E-state index in [9.17, 15) is 4.39 Å². The second-order valence-electron chi connectivity index (χ2n) is 4.86. The molecule has 2 nitrogen and oxygen atoms in total. The number of nitrogens with two attached hydrogens (primary N) is 1. The molecule has 1 aliphatic rings. The standard InChI is InChI=1S/C14H21FN2/c1-3-11-6-5-9-17(11)14-12(10(2)16)7-4-8-13(14)15/h4,7-8,10-11H,3,5-6,9,16H2,1-2H3. The van der Waals surface area contributed by atoms with E-state index in [1.807, 2.05) is 13.0 Å². The van der Waals surface area contributed by atoms with Crippen LogP contribution in [0, 0.1) is 5.82 Å². The first kappa shape index (κ1) is 12.4. The maximum Gasteiger partial charge on any atom is 0.146 e. The van der Waals surface area contributed by atoms with Crippen LogP contribution in [0.1, 0.15) is 44.7 Å². The van der Waals surface area contributed by atoms with Crippen LogP contribution in [0.4, 0.5) is 10.1 Å². The summed E-state index contributed by atoms with van der Waals surface area (Å²) in [6.07, 6.45) is 3.36. The number of para-hydroxylation sites is 1. The molecule has 2 rings (SSSR count). The monoisotopic (exact) mass is 236 g/mol. The van der Waals surface area contributed by atoms with Gasteiger partial charge in [-0.15, -0.1) is 0 Å². The molecule has 17 heavy (non-hydrogen) atoms. The van der Waals surface area contributed by atoms with Crippen LogP contribution in [0.3, 0.4) is 0 Å². The SMILES string of the molecule is CCC1CCCN1c1c(F)cccc1C(C)N. The zero-order chi connectivity index (χ0) is 12.4. The maximum atomic E-state index is 14.1. The third-order valence-electron chi connectivity index (χ3n) is 3.64. The van der Waals surface area contributed by atoms with E-state index in [0.29, 0.717) is 6.04 Å². The molecular formula is C14H21FN2. The number of hydrogen-bond donors (Lipinski definition) is 1. The summed E-state index contributed by atoms with van der Waals surface area (Å²) in [4.78, 5) is 2.20. The molecule has 2 unspecified atom stereocenters. The topological polar surface area (TPSA) is 29.3 Å². The minimum absolute atomic E-state index is 0.126. The highest BCUT2D eigenvalue weighted by molar-refractivity contribution is 5.57. The van der Waals surface area contributed by atoms with Crippen LogP contribution in [-0.2, 0) is 0 Å². The predicted octanol–water partition coefficient (Wildman–Crippen LogP) is 3.22. The Bertz CT molecular complexity index is 390. The van der Waals surface area contributed by atoms with Gasteiger partial charge in [0, 0.05) is 18.6 Å². The van der Waals surface area contributed by atoms with Crippen molar-refractivity contribution in [1.29, 1.82) is 0 Å². The van der Waals surface area contributed by atoms with Gasteiger partial charge in [-0.05, 0) is 37.8 Å². The molecule has 1 fully saturated rings. The lowest BCUT2D eigenvalue weighted by Gasteiger charge is -2.29. The lowest BCUT2D eigenvalue weighted by Crippen LogP contribution is -2.31. The van der Waals surface area contributed by atoms with Gasteiger partial charge in [0.2, 0.25) is 0 Å². The van der Waals surface area contributed by atoms with Crippen LogP contribution in [-0.4, -0.2) is 12.6 Å². The molecule has 0 aliphatic carbocycles. The summed E-state index contributed by atoms with van der Waals surface area (Å²) < 4.78 is 14.1. The Hall–Kier alpha value is -1.09. The zero-order valence-electron chi connectivity index (χ0n) is 10.6. The number of nitrogens with zero attached hydrogens (tertiary/aromatic N) is 1. The van der Waals surface area contributed by atoms with Gasteiger partial charge in [-0.3, -0.25) is 0 Å². The molecule has 0 spiro atoms. The molecule has 94 valence electrons. The highest BCUT2D eigenvalue weighted by Crippen LogP contribution is 2.34. The molecule has 2 atom stereocenters. The van der Waals surface area contributed by atoms with E-state index >= 15 is 0 Å². The molecular weight excluding hydrogens is 215 g/mol. The average molecular weight is 236 g/mol. The lowest BCUT2D eigenvalue weighted by molar-refractivity contribution is 0.590. The number of halogens is 1. The van der Waals surface area contributed by atoms with Crippen molar-refractivity contribution in [3.05, 3.63) is 29.6 Å². The Morgan fingerprint density at radius 3 is 2.94 bits per heavy atom. The maximum absolute atomic E-state index is 14.1. The zero-order valence-corrected chi connectivity index (χ0v) is 10.6. The van der Waals surface area contributed by atoms with E-state index in [0.717, 1.165) is 37.1 Å². The van der Waals surface area contributed by atoms with E-state index in [2.05, 4.69) is 11.8 Å². The summed E-state index contributed by atoms with van der Waals surface area (Å²) in [6, 6.07) is 5.55. The van der Waals surface area contributed by atoms with Gasteiger partial charge in [0.1, 0.15) is 5.82 Å². The molecule has 0 radical (unpaired) electrons. The third-order valence-corrected chi connectivity index (χ3v) is 3.64. The molecule has 0 aromatic heterocycles. The van der Waals surface area contributed by atoms with E-state index < -0.39 is 0 Å². The first-order chi connectivity index (χ1) is 8.15. The smallest absolute Gasteiger partial charge is 0.146 e. The lowest BCUT2D eigenvalue weighted by atomic mass is 10.0. The largest absolute Gasteiger partial charge is 0.366 e. The number of rotatable bonds is 3. The molecule has 2 N–H and O–H groups in total. The Balaban J connectivity index is 2.42. The Kier molecular flexibility index (Phi) is 3.67. The fourth-order valence-electron chi connectivity index (χ4n) is 2.76. The molecule has 3 heteroatoms. The Morgan fingerprint density at radius 2 is 2.29 bits per heavy atom. The summed E-state index contributed by atoms with van der Waals surface area (Å²) >= 11 is 0. The van der Waals surface area contributed by atoms with Crippen LogP contribution in [0.5, 0.6) is 0 Å². The van der Waals surface area contributed by atoms with Gasteiger partial charge in [0.05, 0.1) is 5.69 Å². The normalized spacial score (nSPS) is 21.9. The van der Waals surface area contributed by atoms with Gasteiger partial charge in [-0.1, -0.05) is 19.1 Å². The van der Waals surface area contributed by atoms with Gasteiger partial charge < -0.3 is 10.6 Å². The summed E-state index contributed by atoms with van der Waals surface area (Å²) in [5, 5.41) is 0. The molecule has 1 aliphatic heterocycles. The molecule has 1 heterocycles. The second-order valence-corrected chi connectivity index (χ2v) is 4.86. The first-order valence-electron chi connectivity index (χ1n) is 6.45. The average Bonchev–Trinajstić information content (AvgIpc) is 2.76. The van der Waals surface area contributed by atoms with Crippen LogP contribution in [0.2, 0.25) is 0 Å². The Labute approximate surface area is 103 Å². The van der Waals surface area contributed by atoms with Crippen molar-refractivity contribution in [3.8, 4) is 0 Å². The fourth-order valence-corrected chi connectivity index (χ4v) is 2.76. The molecule has 0 bridgehead atoms. The van der Waals surface area contributed by atoms with Crippen molar-refractivity contribution >= 4 is 5.69 Å². The van der Waals surface area contributed by atoms with Crippen LogP contribution in [0.15, 0.2) is 18.2 Å². The number of anilines is 1. The summed E-state index contributed by atoms with van der Waals surface area (Å²) in [5.74, 6) is -0.139. The minimum atomic E-state index is -0.139. The molecule has 0 amide bonds. The molecule has 1 saturated heterocycles. The van der Waals surface area contributed by atoms with Crippen molar-refractivity contribution in [3.63, 3.8) is 0 Å². The molecule has 1 aromatic rings.